The van der Waals surface area contributed by atoms with E-state index in [0.717, 1.165) is 0 Å². The maximum atomic E-state index is 2.66. The monoisotopic (exact) mass is 712 g/mol. The number of allylic oxidation sites excluding steroid dienone is 4. The van der Waals surface area contributed by atoms with Crippen molar-refractivity contribution in [3.8, 4) is 0 Å². The van der Waals surface area contributed by atoms with Gasteiger partial charge in [0.05, 0.1) is 0 Å². The molecule has 1 fully saturated rings. The molecular formula is C40H51Cl3SiTi. The van der Waals surface area contributed by atoms with Gasteiger partial charge in [-0.05, 0) is 76.7 Å². The smallest absolute Gasteiger partial charge is 1.00 e. The molecule has 0 nitrogen and oxygen atoms in total. The van der Waals surface area contributed by atoms with Crippen LogP contribution in [-0.2, 0) is 41.0 Å². The average Bonchev–Trinajstić information content (AvgIpc) is 3.36. The van der Waals surface area contributed by atoms with Crippen LogP contribution >= 0.6 is 0 Å². The van der Waals surface area contributed by atoms with Gasteiger partial charge in [-0.15, -0.1) is 12.0 Å². The molecule has 5 heteroatoms. The average molecular weight is 714 g/mol. The molecule has 0 aliphatic heterocycles. The van der Waals surface area contributed by atoms with Crippen LogP contribution in [0.25, 0.3) is 0 Å². The zero-order valence-electron chi connectivity index (χ0n) is 27.6. The van der Waals surface area contributed by atoms with Crippen molar-refractivity contribution in [1.29, 1.82) is 0 Å². The molecule has 2 aliphatic carbocycles. The molecule has 4 unspecified atom stereocenters. The van der Waals surface area contributed by atoms with Gasteiger partial charge in [0.2, 0.25) is 0 Å². The second kappa shape index (κ2) is 20.3. The van der Waals surface area contributed by atoms with E-state index < -0.39 is 8.07 Å². The van der Waals surface area contributed by atoms with Crippen molar-refractivity contribution < 1.29 is 58.9 Å². The van der Waals surface area contributed by atoms with Gasteiger partial charge in [0.25, 0.3) is 0 Å². The van der Waals surface area contributed by atoms with Crippen LogP contribution < -0.4 is 52.8 Å². The number of hydrogen-bond donors (Lipinski definition) is 0. The molecule has 0 aromatic heterocycles. The third-order valence-corrected chi connectivity index (χ3v) is 15.6. The van der Waals surface area contributed by atoms with E-state index in [0.29, 0.717) is 23.3 Å². The first kappa shape index (κ1) is 42.0. The van der Waals surface area contributed by atoms with Crippen LogP contribution in [0.1, 0.15) is 82.9 Å². The number of hydrogen-bond acceptors (Lipinski definition) is 0. The van der Waals surface area contributed by atoms with E-state index in [1.54, 1.807) is 15.6 Å². The summed E-state index contributed by atoms with van der Waals surface area (Å²) in [5, 5.41) is 4.73. The van der Waals surface area contributed by atoms with E-state index in [9.17, 15) is 0 Å². The van der Waals surface area contributed by atoms with Crippen LogP contribution in [0.3, 0.4) is 0 Å². The van der Waals surface area contributed by atoms with Crippen LogP contribution in [-0.4, -0.2) is 8.07 Å². The number of rotatable bonds is 13. The first-order valence-corrected chi connectivity index (χ1v) is 18.7. The van der Waals surface area contributed by atoms with Crippen molar-refractivity contribution in [2.75, 3.05) is 0 Å². The minimum absolute atomic E-state index is 0. The van der Waals surface area contributed by atoms with E-state index in [2.05, 4.69) is 131 Å². The van der Waals surface area contributed by atoms with Crippen LogP contribution in [0.5, 0.6) is 0 Å². The van der Waals surface area contributed by atoms with E-state index >= 15 is 0 Å². The molecule has 2 aliphatic rings. The quantitative estimate of drug-likeness (QED) is 0.131. The van der Waals surface area contributed by atoms with Gasteiger partial charge < -0.3 is 43.6 Å². The van der Waals surface area contributed by atoms with Gasteiger partial charge in [0.1, 0.15) is 8.07 Å². The van der Waals surface area contributed by atoms with Crippen LogP contribution in [0, 0.1) is 24.2 Å². The number of halogens is 3. The Kier molecular flexibility index (Phi) is 19.0. The molecule has 240 valence electrons. The predicted octanol–water partition coefficient (Wildman–Crippen LogP) is -0.223. The Morgan fingerprint density at radius 3 is 1.27 bits per heavy atom. The predicted molar refractivity (Wildman–Crippen MR) is 182 cm³/mol. The molecule has 5 rings (SSSR count). The largest absolute Gasteiger partial charge is 4.00 e. The number of fused-ring (bicyclic) bond motifs is 1. The van der Waals surface area contributed by atoms with Crippen molar-refractivity contribution in [3.63, 3.8) is 0 Å². The third-order valence-electron chi connectivity index (χ3n) is 9.91. The van der Waals surface area contributed by atoms with Gasteiger partial charge in [-0.1, -0.05) is 144 Å². The molecule has 1 saturated carbocycles. The Bertz CT molecular complexity index is 1180. The van der Waals surface area contributed by atoms with Gasteiger partial charge in [0, 0.05) is 0 Å². The standard InChI is InChI=1S/C40H51Si.3ClH.Ti/c1-5-8-13-32-18-24-36(25-19-32)41(37-26-20-33(21-27-37)14-9-6-2,38-28-22-34(23-29-38)15-10-7-3)40-31(4)30-35-16-11-12-17-39(35)40;;;;/h11-12,16-31,35,39-40H,5-10,13-15H2,1-4H3;3*1H;/q-1;;;;+4/p-3. The summed E-state index contributed by atoms with van der Waals surface area (Å²) in [5.41, 5.74) is 5.01. The summed E-state index contributed by atoms with van der Waals surface area (Å²) < 4.78 is 0. The van der Waals surface area contributed by atoms with Gasteiger partial charge in [-0.2, -0.15) is 5.92 Å². The maximum absolute atomic E-state index is 2.66. The Morgan fingerprint density at radius 1 is 0.556 bits per heavy atom. The second-order valence-corrected chi connectivity index (χ2v) is 16.7. The van der Waals surface area contributed by atoms with Gasteiger partial charge in [-0.3, -0.25) is 0 Å². The number of benzene rings is 3. The summed E-state index contributed by atoms with van der Waals surface area (Å²) >= 11 is 0. The molecule has 0 saturated heterocycles. The second-order valence-electron chi connectivity index (χ2n) is 12.7. The molecule has 0 N–H and O–H groups in total. The van der Waals surface area contributed by atoms with Crippen LogP contribution in [0.2, 0.25) is 5.54 Å². The SMILES string of the molecule is CCCCc1ccc([Si](c2ccc(CCCC)cc2)(c2ccc(CCCC)cc2)C2C(C)[CH-]C3C=CC=CC32)cc1.[Cl-].[Cl-].[Cl-].[Ti+4]. The van der Waals surface area contributed by atoms with Crippen molar-refractivity contribution in [2.24, 2.45) is 17.8 Å². The first-order chi connectivity index (χ1) is 20.1. The number of unbranched alkanes of at least 4 members (excludes halogenated alkanes) is 3. The fourth-order valence-corrected chi connectivity index (χ4v) is 13.8. The molecule has 0 bridgehead atoms. The van der Waals surface area contributed by atoms with Crippen molar-refractivity contribution >= 4 is 23.6 Å². The Morgan fingerprint density at radius 2 is 0.911 bits per heavy atom. The van der Waals surface area contributed by atoms with Crippen LogP contribution in [0.15, 0.2) is 97.1 Å². The number of aryl methyl sites for hydroxylation is 3. The molecule has 4 atom stereocenters. The summed E-state index contributed by atoms with van der Waals surface area (Å²) in [7, 11) is -2.44. The fraction of sp³-hybridized carbons (Fsp3) is 0.425. The Hall–Kier alpha value is -1.06. The Labute approximate surface area is 309 Å². The molecule has 0 spiro atoms. The zero-order chi connectivity index (χ0) is 28.7. The normalized spacial score (nSPS) is 19.8. The molecule has 0 heterocycles. The third kappa shape index (κ3) is 9.31. The summed E-state index contributed by atoms with van der Waals surface area (Å²) in [5.74, 6) is 1.62. The van der Waals surface area contributed by atoms with E-state index in [1.165, 1.54) is 74.5 Å². The summed E-state index contributed by atoms with van der Waals surface area (Å²) in [6, 6.07) is 29.9. The topological polar surface area (TPSA) is 0 Å². The molecule has 3 aromatic carbocycles. The van der Waals surface area contributed by atoms with Crippen molar-refractivity contribution in [3.05, 3.63) is 120 Å². The molecular weight excluding hydrogens is 663 g/mol. The fourth-order valence-electron chi connectivity index (χ4n) is 7.72. The van der Waals surface area contributed by atoms with Gasteiger partial charge in [-0.25, -0.2) is 0 Å². The maximum Gasteiger partial charge on any atom is 4.00 e. The molecule has 3 aromatic rings. The van der Waals surface area contributed by atoms with Gasteiger partial charge >= 0.3 is 21.7 Å². The molecule has 0 amide bonds. The van der Waals surface area contributed by atoms with Crippen molar-refractivity contribution in [1.82, 2.24) is 0 Å². The molecule has 45 heavy (non-hydrogen) atoms. The molecule has 0 radical (unpaired) electrons. The van der Waals surface area contributed by atoms with Crippen LogP contribution in [0.4, 0.5) is 0 Å². The van der Waals surface area contributed by atoms with Crippen molar-refractivity contribution in [2.45, 2.75) is 91.0 Å². The van der Waals surface area contributed by atoms with E-state index in [1.807, 2.05) is 0 Å². The van der Waals surface area contributed by atoms with E-state index in [-0.39, 0.29) is 58.9 Å². The Balaban J connectivity index is 0.00000253. The zero-order valence-corrected chi connectivity index (χ0v) is 32.5. The summed E-state index contributed by atoms with van der Waals surface area (Å²) in [6.07, 6.45) is 23.3. The van der Waals surface area contributed by atoms with E-state index in [4.69, 9.17) is 0 Å². The first-order valence-electron chi connectivity index (χ1n) is 16.6. The summed E-state index contributed by atoms with van der Waals surface area (Å²) in [4.78, 5) is 0. The summed E-state index contributed by atoms with van der Waals surface area (Å²) in [6.45, 7) is 9.39. The minimum atomic E-state index is -2.44. The minimum Gasteiger partial charge on any atom is -1.00 e. The van der Waals surface area contributed by atoms with Gasteiger partial charge in [0.15, 0.2) is 0 Å².